The van der Waals surface area contributed by atoms with Gasteiger partial charge in [0.05, 0.1) is 0 Å². The van der Waals surface area contributed by atoms with Crippen LogP contribution in [0.15, 0.2) is 0 Å². The lowest BCUT2D eigenvalue weighted by Crippen LogP contribution is -2.19. The summed E-state index contributed by atoms with van der Waals surface area (Å²) in [6.07, 6.45) is -3.13. The number of carboxylic acids is 1. The second kappa shape index (κ2) is 3.75. The summed E-state index contributed by atoms with van der Waals surface area (Å²) >= 11 is 0. The molecule has 0 aliphatic heterocycles. The van der Waals surface area contributed by atoms with E-state index >= 15 is 0 Å². The van der Waals surface area contributed by atoms with Crippen LogP contribution in [-0.2, 0) is 23.8 Å². The van der Waals surface area contributed by atoms with E-state index in [1.807, 2.05) is 0 Å². The third-order valence-corrected chi connectivity index (χ3v) is 2.95. The molecule has 94 valence electrons. The summed E-state index contributed by atoms with van der Waals surface area (Å²) in [6.45, 7) is 1.33. The fourth-order valence-corrected chi connectivity index (χ4v) is 2.12. The molecule has 0 amide bonds. The topological polar surface area (TPSA) is 55.1 Å². The molecule has 0 radical (unpaired) electrons. The fourth-order valence-electron chi connectivity index (χ4n) is 2.12. The molecule has 1 atom stereocenters. The van der Waals surface area contributed by atoms with Crippen molar-refractivity contribution in [2.24, 2.45) is 0 Å². The molecule has 1 unspecified atom stereocenters. The van der Waals surface area contributed by atoms with E-state index in [0.717, 1.165) is 4.68 Å². The van der Waals surface area contributed by atoms with Crippen molar-refractivity contribution in [3.05, 3.63) is 17.0 Å². The fraction of sp³-hybridized carbons (Fsp3) is 0.600. The van der Waals surface area contributed by atoms with Gasteiger partial charge in [0.25, 0.3) is 0 Å². The van der Waals surface area contributed by atoms with Crippen molar-refractivity contribution in [1.29, 1.82) is 0 Å². The smallest absolute Gasteiger partial charge is 0.435 e. The summed E-state index contributed by atoms with van der Waals surface area (Å²) in [4.78, 5) is 10.8. The van der Waals surface area contributed by atoms with Gasteiger partial charge < -0.3 is 5.11 Å². The van der Waals surface area contributed by atoms with Gasteiger partial charge in [-0.15, -0.1) is 0 Å². The lowest BCUT2D eigenvalue weighted by atomic mass is 10.2. The summed E-state index contributed by atoms with van der Waals surface area (Å²) in [5.74, 6) is -1.18. The third kappa shape index (κ3) is 1.89. The van der Waals surface area contributed by atoms with E-state index in [1.54, 1.807) is 0 Å². The van der Waals surface area contributed by atoms with E-state index < -0.39 is 23.9 Å². The van der Waals surface area contributed by atoms with Gasteiger partial charge in [-0.05, 0) is 26.2 Å². The molecule has 0 bridgehead atoms. The molecule has 1 aliphatic carbocycles. The van der Waals surface area contributed by atoms with Gasteiger partial charge in [-0.2, -0.15) is 18.3 Å². The van der Waals surface area contributed by atoms with E-state index in [9.17, 15) is 18.0 Å². The second-order valence-corrected chi connectivity index (χ2v) is 4.08. The number of aromatic nitrogens is 2. The first-order valence-corrected chi connectivity index (χ1v) is 5.22. The van der Waals surface area contributed by atoms with Crippen molar-refractivity contribution in [2.75, 3.05) is 0 Å². The van der Waals surface area contributed by atoms with E-state index in [0.29, 0.717) is 25.0 Å². The molecular formula is C10H11F3N2O2. The van der Waals surface area contributed by atoms with E-state index in [1.165, 1.54) is 6.92 Å². The average molecular weight is 248 g/mol. The van der Waals surface area contributed by atoms with Gasteiger partial charge >= 0.3 is 12.1 Å². The Morgan fingerprint density at radius 3 is 2.65 bits per heavy atom. The zero-order valence-corrected chi connectivity index (χ0v) is 9.08. The molecule has 1 aromatic heterocycles. The maximum Gasteiger partial charge on any atom is 0.435 e. The minimum absolute atomic E-state index is 0.158. The van der Waals surface area contributed by atoms with Crippen molar-refractivity contribution in [2.45, 2.75) is 38.4 Å². The maximum absolute atomic E-state index is 12.7. The first-order chi connectivity index (χ1) is 7.82. The van der Waals surface area contributed by atoms with Gasteiger partial charge in [0.2, 0.25) is 0 Å². The number of carbonyl (C=O) groups is 1. The molecule has 17 heavy (non-hydrogen) atoms. The second-order valence-electron chi connectivity index (χ2n) is 4.08. The van der Waals surface area contributed by atoms with Crippen LogP contribution < -0.4 is 0 Å². The SMILES string of the molecule is CC(C(=O)O)n1nc(C(F)(F)F)c2c1CCC2. The predicted molar refractivity (Wildman–Crippen MR) is 51.6 cm³/mol. The van der Waals surface area contributed by atoms with Crippen LogP contribution in [0, 0.1) is 0 Å². The molecule has 7 heteroatoms. The van der Waals surface area contributed by atoms with Crippen LogP contribution in [0.2, 0.25) is 0 Å². The molecular weight excluding hydrogens is 237 g/mol. The highest BCUT2D eigenvalue weighted by molar-refractivity contribution is 5.71. The molecule has 0 spiro atoms. The van der Waals surface area contributed by atoms with E-state index in [2.05, 4.69) is 5.10 Å². The Labute approximate surface area is 95.0 Å². The van der Waals surface area contributed by atoms with Crippen molar-refractivity contribution in [3.8, 4) is 0 Å². The summed E-state index contributed by atoms with van der Waals surface area (Å²) in [6, 6.07) is -1.07. The minimum Gasteiger partial charge on any atom is -0.480 e. The van der Waals surface area contributed by atoms with Crippen LogP contribution in [-0.4, -0.2) is 20.9 Å². The summed E-state index contributed by atoms with van der Waals surface area (Å²) in [5.41, 5.74) is -0.365. The maximum atomic E-state index is 12.7. The molecule has 0 saturated carbocycles. The number of alkyl halides is 3. The number of rotatable bonds is 2. The van der Waals surface area contributed by atoms with Crippen molar-refractivity contribution in [3.63, 3.8) is 0 Å². The molecule has 1 aromatic rings. The highest BCUT2D eigenvalue weighted by Gasteiger charge is 2.41. The molecule has 1 N–H and O–H groups in total. The summed E-state index contributed by atoms with van der Waals surface area (Å²) in [7, 11) is 0. The Hall–Kier alpha value is -1.53. The summed E-state index contributed by atoms with van der Waals surface area (Å²) < 4.78 is 39.1. The standard InChI is InChI=1S/C10H11F3N2O2/c1-5(9(16)17)15-7-4-2-3-6(7)8(14-15)10(11,12)13/h5H,2-4H2,1H3,(H,16,17). The number of hydrogen-bond acceptors (Lipinski definition) is 2. The Morgan fingerprint density at radius 1 is 1.47 bits per heavy atom. The van der Waals surface area contributed by atoms with E-state index in [-0.39, 0.29) is 5.56 Å². The molecule has 0 saturated heterocycles. The molecule has 0 aromatic carbocycles. The number of halogens is 3. The van der Waals surface area contributed by atoms with Crippen LogP contribution in [0.25, 0.3) is 0 Å². The molecule has 1 heterocycles. The Balaban J connectivity index is 2.53. The van der Waals surface area contributed by atoms with E-state index in [4.69, 9.17) is 5.11 Å². The predicted octanol–water partition coefficient (Wildman–Crippen LogP) is 2.04. The Bertz CT molecular complexity index is 465. The number of nitrogens with zero attached hydrogens (tertiary/aromatic N) is 2. The number of fused-ring (bicyclic) bond motifs is 1. The minimum atomic E-state index is -4.52. The zero-order valence-electron chi connectivity index (χ0n) is 9.08. The van der Waals surface area contributed by atoms with Crippen molar-refractivity contribution in [1.82, 2.24) is 9.78 Å². The first-order valence-electron chi connectivity index (χ1n) is 5.22. The van der Waals surface area contributed by atoms with Gasteiger partial charge in [-0.3, -0.25) is 4.68 Å². The highest BCUT2D eigenvalue weighted by Crippen LogP contribution is 2.37. The number of carboxylic acid groups (broad SMARTS) is 1. The first kappa shape index (κ1) is 11.9. The van der Waals surface area contributed by atoms with Crippen molar-refractivity contribution < 1.29 is 23.1 Å². The normalized spacial score (nSPS) is 16.9. The number of hydrogen-bond donors (Lipinski definition) is 1. The quantitative estimate of drug-likeness (QED) is 0.871. The number of aliphatic carboxylic acids is 1. The lowest BCUT2D eigenvalue weighted by Gasteiger charge is -2.10. The van der Waals surface area contributed by atoms with Crippen LogP contribution in [0.4, 0.5) is 13.2 Å². The molecule has 4 nitrogen and oxygen atoms in total. The van der Waals surface area contributed by atoms with Gasteiger partial charge in [-0.1, -0.05) is 0 Å². The van der Waals surface area contributed by atoms with Crippen LogP contribution in [0.5, 0.6) is 0 Å². The Morgan fingerprint density at radius 2 is 2.12 bits per heavy atom. The van der Waals surface area contributed by atoms with Gasteiger partial charge in [0, 0.05) is 11.3 Å². The molecule has 0 fully saturated rings. The molecule has 2 rings (SSSR count). The third-order valence-electron chi connectivity index (χ3n) is 2.95. The van der Waals surface area contributed by atoms with Crippen LogP contribution >= 0.6 is 0 Å². The largest absolute Gasteiger partial charge is 0.480 e. The van der Waals surface area contributed by atoms with Gasteiger partial charge in [0.1, 0.15) is 6.04 Å². The lowest BCUT2D eigenvalue weighted by molar-refractivity contribution is -0.144. The highest BCUT2D eigenvalue weighted by atomic mass is 19.4. The average Bonchev–Trinajstić information content (AvgIpc) is 2.73. The van der Waals surface area contributed by atoms with Crippen LogP contribution in [0.1, 0.15) is 36.3 Å². The van der Waals surface area contributed by atoms with Crippen LogP contribution in [0.3, 0.4) is 0 Å². The summed E-state index contributed by atoms with van der Waals surface area (Å²) in [5, 5.41) is 12.3. The zero-order chi connectivity index (χ0) is 12.8. The monoisotopic (exact) mass is 248 g/mol. The molecule has 1 aliphatic rings. The van der Waals surface area contributed by atoms with Gasteiger partial charge in [-0.25, -0.2) is 4.79 Å². The van der Waals surface area contributed by atoms with Gasteiger partial charge in [0.15, 0.2) is 5.69 Å². The van der Waals surface area contributed by atoms with Crippen molar-refractivity contribution >= 4 is 5.97 Å². The Kier molecular flexibility index (Phi) is 2.63.